The van der Waals surface area contributed by atoms with Crippen molar-refractivity contribution in [3.05, 3.63) is 52.5 Å². The number of halogens is 1. The molecule has 0 atom stereocenters. The quantitative estimate of drug-likeness (QED) is 0.714. The number of sulfonamides is 1. The highest BCUT2D eigenvalue weighted by Gasteiger charge is 2.19. The molecule has 9 heteroatoms. The van der Waals surface area contributed by atoms with Crippen molar-refractivity contribution in [2.24, 2.45) is 0 Å². The number of esters is 1. The van der Waals surface area contributed by atoms with Gasteiger partial charge in [0.1, 0.15) is 11.8 Å². The molecule has 0 aliphatic rings. The molecule has 2 aromatic rings. The first-order valence-corrected chi connectivity index (χ1v) is 9.15. The van der Waals surface area contributed by atoms with Gasteiger partial charge in [-0.25, -0.2) is 13.2 Å². The molecule has 0 fully saturated rings. The Morgan fingerprint density at radius 1 is 1.24 bits per heavy atom. The molecule has 25 heavy (non-hydrogen) atoms. The molecule has 0 radical (unpaired) electrons. The van der Waals surface area contributed by atoms with E-state index in [2.05, 4.69) is 25.4 Å². The molecule has 0 aliphatic carbocycles. The number of hydrogen-bond donors (Lipinski definition) is 1. The third-order valence-corrected chi connectivity index (χ3v) is 5.13. The van der Waals surface area contributed by atoms with Gasteiger partial charge in [0.25, 0.3) is 10.0 Å². The molecule has 0 heterocycles. The maximum absolute atomic E-state index is 12.5. The molecule has 0 saturated heterocycles. The summed E-state index contributed by atoms with van der Waals surface area (Å²) in [6, 6.07) is 12.0. The van der Waals surface area contributed by atoms with Crippen LogP contribution in [0.2, 0.25) is 0 Å². The van der Waals surface area contributed by atoms with E-state index < -0.39 is 16.0 Å². The van der Waals surface area contributed by atoms with Gasteiger partial charge in [-0.05, 0) is 58.4 Å². The Morgan fingerprint density at radius 2 is 1.92 bits per heavy atom. The van der Waals surface area contributed by atoms with Crippen molar-refractivity contribution in [1.82, 2.24) is 0 Å². The minimum Gasteiger partial charge on any atom is -0.479 e. The van der Waals surface area contributed by atoms with Gasteiger partial charge in [-0.15, -0.1) is 0 Å². The number of rotatable bonds is 6. The van der Waals surface area contributed by atoms with Gasteiger partial charge in [0, 0.05) is 10.2 Å². The average molecular weight is 425 g/mol. The van der Waals surface area contributed by atoms with Crippen LogP contribution in [0.15, 0.2) is 51.8 Å². The van der Waals surface area contributed by atoms with Gasteiger partial charge < -0.3 is 9.47 Å². The SMILES string of the molecule is COC(=O)c1cc(S(=O)(=O)Nc2ccc(OCC#N)cc2)ccc1Br. The van der Waals surface area contributed by atoms with E-state index in [0.29, 0.717) is 15.9 Å². The van der Waals surface area contributed by atoms with E-state index in [1.54, 1.807) is 0 Å². The Kier molecular flexibility index (Phi) is 6.01. The van der Waals surface area contributed by atoms with Gasteiger partial charge in [-0.3, -0.25) is 4.72 Å². The molecule has 130 valence electrons. The molecule has 2 rings (SSSR count). The van der Waals surface area contributed by atoms with Crippen molar-refractivity contribution in [2.45, 2.75) is 4.90 Å². The van der Waals surface area contributed by atoms with E-state index in [9.17, 15) is 13.2 Å². The van der Waals surface area contributed by atoms with Crippen molar-refractivity contribution in [1.29, 1.82) is 5.26 Å². The predicted molar refractivity (Wildman–Crippen MR) is 93.8 cm³/mol. The average Bonchev–Trinajstić information content (AvgIpc) is 2.60. The molecular formula is C16H13BrN2O5S. The maximum Gasteiger partial charge on any atom is 0.339 e. The monoisotopic (exact) mass is 424 g/mol. The van der Waals surface area contributed by atoms with Crippen molar-refractivity contribution in [3.63, 3.8) is 0 Å². The number of hydrogen-bond acceptors (Lipinski definition) is 6. The number of carbonyl (C=O) groups excluding carboxylic acids is 1. The molecule has 0 saturated carbocycles. The lowest BCUT2D eigenvalue weighted by molar-refractivity contribution is 0.0599. The smallest absolute Gasteiger partial charge is 0.339 e. The number of nitrogens with one attached hydrogen (secondary N) is 1. The van der Waals surface area contributed by atoms with Crippen LogP contribution in [0.3, 0.4) is 0 Å². The summed E-state index contributed by atoms with van der Waals surface area (Å²) in [6.07, 6.45) is 0. The van der Waals surface area contributed by atoms with Crippen LogP contribution >= 0.6 is 15.9 Å². The van der Waals surface area contributed by atoms with E-state index in [4.69, 9.17) is 10.00 Å². The van der Waals surface area contributed by atoms with Crippen molar-refractivity contribution >= 4 is 37.6 Å². The standard InChI is InChI=1S/C16H13BrN2O5S/c1-23-16(20)14-10-13(6-7-15(14)17)25(21,22)19-11-2-4-12(5-3-11)24-9-8-18/h2-7,10,19H,9H2,1H3. The van der Waals surface area contributed by atoms with Crippen LogP contribution in [-0.4, -0.2) is 28.1 Å². The fourth-order valence-corrected chi connectivity index (χ4v) is 3.38. The highest BCUT2D eigenvalue weighted by atomic mass is 79.9. The fraction of sp³-hybridized carbons (Fsp3) is 0.125. The maximum atomic E-state index is 12.5. The van der Waals surface area contributed by atoms with Gasteiger partial charge in [0.2, 0.25) is 0 Å². The van der Waals surface area contributed by atoms with E-state index in [-0.39, 0.29) is 17.1 Å². The van der Waals surface area contributed by atoms with Crippen LogP contribution in [0, 0.1) is 11.3 Å². The molecule has 2 aromatic carbocycles. The molecule has 1 N–H and O–H groups in total. The summed E-state index contributed by atoms with van der Waals surface area (Å²) in [7, 11) is -2.68. The molecular weight excluding hydrogens is 412 g/mol. The Bertz CT molecular complexity index is 921. The van der Waals surface area contributed by atoms with Gasteiger partial charge in [-0.2, -0.15) is 5.26 Å². The number of anilines is 1. The Balaban J connectivity index is 2.24. The summed E-state index contributed by atoms with van der Waals surface area (Å²) < 4.78 is 37.5. The lowest BCUT2D eigenvalue weighted by atomic mass is 10.2. The van der Waals surface area contributed by atoms with E-state index in [1.807, 2.05) is 6.07 Å². The second-order valence-corrected chi connectivity index (χ2v) is 7.25. The van der Waals surface area contributed by atoms with Crippen molar-refractivity contribution in [2.75, 3.05) is 18.4 Å². The van der Waals surface area contributed by atoms with Crippen LogP contribution in [0.5, 0.6) is 5.75 Å². The zero-order valence-corrected chi connectivity index (χ0v) is 15.4. The summed E-state index contributed by atoms with van der Waals surface area (Å²) >= 11 is 3.18. The summed E-state index contributed by atoms with van der Waals surface area (Å²) in [4.78, 5) is 11.6. The number of methoxy groups -OCH3 is 1. The zero-order chi connectivity index (χ0) is 18.4. The second-order valence-electron chi connectivity index (χ2n) is 4.71. The topological polar surface area (TPSA) is 105 Å². The van der Waals surface area contributed by atoms with Gasteiger partial charge in [0.15, 0.2) is 6.61 Å². The summed E-state index contributed by atoms with van der Waals surface area (Å²) in [5, 5.41) is 8.46. The number of nitriles is 1. The molecule has 0 aromatic heterocycles. The van der Waals surface area contributed by atoms with Crippen LogP contribution in [0.4, 0.5) is 5.69 Å². The normalized spacial score (nSPS) is 10.6. The summed E-state index contributed by atoms with van der Waals surface area (Å²) in [5.74, 6) is -0.205. The number of benzene rings is 2. The fourth-order valence-electron chi connectivity index (χ4n) is 1.89. The Morgan fingerprint density at radius 3 is 2.52 bits per heavy atom. The zero-order valence-electron chi connectivity index (χ0n) is 13.0. The molecule has 0 spiro atoms. The molecule has 0 bridgehead atoms. The predicted octanol–water partition coefficient (Wildman–Crippen LogP) is 2.94. The highest BCUT2D eigenvalue weighted by molar-refractivity contribution is 9.10. The minimum atomic E-state index is -3.90. The Labute approximate surface area is 153 Å². The highest BCUT2D eigenvalue weighted by Crippen LogP contribution is 2.24. The number of carbonyl (C=O) groups is 1. The first-order chi connectivity index (χ1) is 11.9. The third kappa shape index (κ3) is 4.71. The second kappa shape index (κ2) is 8.00. The van der Waals surface area contributed by atoms with Crippen molar-refractivity contribution in [3.8, 4) is 11.8 Å². The van der Waals surface area contributed by atoms with Crippen LogP contribution < -0.4 is 9.46 Å². The first kappa shape index (κ1) is 18.8. The van der Waals surface area contributed by atoms with Crippen LogP contribution in [-0.2, 0) is 14.8 Å². The third-order valence-electron chi connectivity index (χ3n) is 3.06. The van der Waals surface area contributed by atoms with E-state index in [0.717, 1.165) is 0 Å². The lowest BCUT2D eigenvalue weighted by Crippen LogP contribution is -2.14. The summed E-state index contributed by atoms with van der Waals surface area (Å²) in [5.41, 5.74) is 0.414. The minimum absolute atomic E-state index is 0.0825. The largest absolute Gasteiger partial charge is 0.479 e. The van der Waals surface area contributed by atoms with E-state index >= 15 is 0 Å². The Hall–Kier alpha value is -2.57. The van der Waals surface area contributed by atoms with Crippen molar-refractivity contribution < 1.29 is 22.7 Å². The first-order valence-electron chi connectivity index (χ1n) is 6.88. The summed E-state index contributed by atoms with van der Waals surface area (Å²) in [6.45, 7) is -0.0970. The molecule has 0 unspecified atom stereocenters. The molecule has 0 amide bonds. The van der Waals surface area contributed by atoms with Crippen LogP contribution in [0.25, 0.3) is 0 Å². The van der Waals surface area contributed by atoms with E-state index in [1.165, 1.54) is 49.6 Å². The van der Waals surface area contributed by atoms with Crippen LogP contribution in [0.1, 0.15) is 10.4 Å². The van der Waals surface area contributed by atoms with Gasteiger partial charge >= 0.3 is 5.97 Å². The number of nitrogens with zero attached hydrogens (tertiary/aromatic N) is 1. The lowest BCUT2D eigenvalue weighted by Gasteiger charge is -2.10. The molecule has 7 nitrogen and oxygen atoms in total. The number of ether oxygens (including phenoxy) is 2. The van der Waals surface area contributed by atoms with Gasteiger partial charge in [-0.1, -0.05) is 0 Å². The molecule has 0 aliphatic heterocycles. The van der Waals surface area contributed by atoms with Gasteiger partial charge in [0.05, 0.1) is 17.6 Å².